The number of carbonyl (C=O) groups excluding carboxylic acids is 2. The maximum absolute atomic E-state index is 12.9. The third-order valence-corrected chi connectivity index (χ3v) is 7.20. The summed E-state index contributed by atoms with van der Waals surface area (Å²) in [7, 11) is 0. The second-order valence-electron chi connectivity index (χ2n) is 7.02. The van der Waals surface area contributed by atoms with Gasteiger partial charge in [-0.05, 0) is 56.4 Å². The van der Waals surface area contributed by atoms with Gasteiger partial charge in [-0.15, -0.1) is 5.10 Å². The van der Waals surface area contributed by atoms with Crippen molar-refractivity contribution in [2.24, 2.45) is 0 Å². The molecule has 32 heavy (non-hydrogen) atoms. The first-order valence-corrected chi connectivity index (χ1v) is 12.0. The van der Waals surface area contributed by atoms with Gasteiger partial charge < -0.3 is 0 Å². The second kappa shape index (κ2) is 9.64. The van der Waals surface area contributed by atoms with E-state index in [1.807, 2.05) is 62.4 Å². The van der Waals surface area contributed by atoms with E-state index < -0.39 is 0 Å². The normalized spacial score (nSPS) is 10.8. The van der Waals surface area contributed by atoms with Crippen LogP contribution in [-0.4, -0.2) is 31.9 Å². The number of hydrogen-bond acceptors (Lipinski definition) is 6. The molecule has 0 unspecified atom stereocenters. The van der Waals surface area contributed by atoms with E-state index in [1.54, 1.807) is 27.6 Å². The molecule has 0 saturated carbocycles. The topological polar surface area (TPSA) is 68.9 Å². The Balaban J connectivity index is 1.46. The van der Waals surface area contributed by atoms with E-state index >= 15 is 0 Å². The quantitative estimate of drug-likeness (QED) is 0.217. The molecule has 6 nitrogen and oxygen atoms in total. The zero-order chi connectivity index (χ0) is 22.7. The number of para-hydroxylation sites is 1. The Morgan fingerprint density at radius 2 is 1.72 bits per heavy atom. The van der Waals surface area contributed by atoms with Gasteiger partial charge in [0.05, 0.1) is 11.4 Å². The molecule has 0 fully saturated rings. The Bertz CT molecular complexity index is 1320. The van der Waals surface area contributed by atoms with Crippen LogP contribution < -0.4 is 5.43 Å². The van der Waals surface area contributed by atoms with Gasteiger partial charge >= 0.3 is 0 Å². The molecule has 162 valence electrons. The van der Waals surface area contributed by atoms with Crippen LogP contribution in [0.15, 0.2) is 71.1 Å². The zero-order valence-electron chi connectivity index (χ0n) is 17.4. The van der Waals surface area contributed by atoms with E-state index in [2.05, 4.69) is 10.5 Å². The van der Waals surface area contributed by atoms with E-state index in [1.165, 1.54) is 23.1 Å². The number of benzene rings is 2. The lowest BCUT2D eigenvalue weighted by Gasteiger charge is -2.11. The van der Waals surface area contributed by atoms with Crippen LogP contribution in [0.4, 0.5) is 0 Å². The lowest BCUT2D eigenvalue weighted by atomic mass is 10.2. The van der Waals surface area contributed by atoms with E-state index in [0.29, 0.717) is 20.8 Å². The van der Waals surface area contributed by atoms with Gasteiger partial charge in [0, 0.05) is 22.5 Å². The van der Waals surface area contributed by atoms with Crippen molar-refractivity contribution >= 4 is 47.0 Å². The van der Waals surface area contributed by atoms with Crippen LogP contribution in [0.5, 0.6) is 0 Å². The molecule has 1 amide bonds. The Kier molecular flexibility index (Phi) is 6.69. The first kappa shape index (κ1) is 22.2. The van der Waals surface area contributed by atoms with Gasteiger partial charge in [-0.2, -0.15) is 0 Å². The van der Waals surface area contributed by atoms with Crippen LogP contribution >= 0.6 is 35.3 Å². The first-order valence-electron chi connectivity index (χ1n) is 9.81. The summed E-state index contributed by atoms with van der Waals surface area (Å²) in [6.07, 6.45) is 0. The molecule has 4 aromatic rings. The zero-order valence-corrected chi connectivity index (χ0v) is 19.9. The molecule has 2 aromatic carbocycles. The number of aromatic nitrogens is 3. The Labute approximate surface area is 198 Å². The minimum absolute atomic E-state index is 0.0318. The molecule has 1 N–H and O–H groups in total. The summed E-state index contributed by atoms with van der Waals surface area (Å²) in [5.74, 6) is -0.0312. The van der Waals surface area contributed by atoms with Crippen molar-refractivity contribution < 1.29 is 9.59 Å². The average molecular weight is 481 g/mol. The summed E-state index contributed by atoms with van der Waals surface area (Å²) >= 11 is 8.17. The number of ketones is 1. The van der Waals surface area contributed by atoms with E-state index in [9.17, 15) is 9.59 Å². The number of rotatable bonds is 7. The highest BCUT2D eigenvalue weighted by Crippen LogP contribution is 2.26. The van der Waals surface area contributed by atoms with Gasteiger partial charge in [0.15, 0.2) is 14.1 Å². The lowest BCUT2D eigenvalue weighted by Crippen LogP contribution is -2.25. The van der Waals surface area contributed by atoms with Crippen molar-refractivity contribution in [3.8, 4) is 5.69 Å². The highest BCUT2D eigenvalue weighted by atomic mass is 32.2. The molecule has 0 atom stereocenters. The predicted octanol–water partition coefficient (Wildman–Crippen LogP) is 5.44. The monoisotopic (exact) mass is 480 g/mol. The van der Waals surface area contributed by atoms with Crippen LogP contribution in [0.25, 0.3) is 5.69 Å². The predicted molar refractivity (Wildman–Crippen MR) is 131 cm³/mol. The van der Waals surface area contributed by atoms with Gasteiger partial charge in [-0.25, -0.2) is 4.68 Å². The average Bonchev–Trinajstić information content (AvgIpc) is 3.32. The summed E-state index contributed by atoms with van der Waals surface area (Å²) in [6, 6.07) is 20.4. The maximum atomic E-state index is 12.9. The number of nitrogens with zero attached hydrogens (tertiary/aromatic N) is 3. The number of hydrogen-bond donors (Lipinski definition) is 1. The molecule has 4 rings (SSSR count). The van der Waals surface area contributed by atoms with Gasteiger partial charge in [-0.3, -0.25) is 19.7 Å². The van der Waals surface area contributed by atoms with Crippen molar-refractivity contribution in [1.82, 2.24) is 14.5 Å². The van der Waals surface area contributed by atoms with Crippen molar-refractivity contribution in [2.75, 3.05) is 11.2 Å². The first-order chi connectivity index (χ1) is 15.4. The molecule has 2 heterocycles. The van der Waals surface area contributed by atoms with Crippen LogP contribution in [0.1, 0.15) is 32.1 Å². The Morgan fingerprint density at radius 1 is 1.06 bits per heavy atom. The number of Topliss-reactive ketones (excluding diaryl/α,β-unsaturated/α-hetero) is 1. The molecule has 0 radical (unpaired) electrons. The van der Waals surface area contributed by atoms with E-state index in [-0.39, 0.29) is 17.4 Å². The molecule has 9 heteroatoms. The highest BCUT2D eigenvalue weighted by Gasteiger charge is 2.18. The molecule has 0 aliphatic rings. The Morgan fingerprint density at radius 3 is 2.41 bits per heavy atom. The molecule has 0 aliphatic heterocycles. The summed E-state index contributed by atoms with van der Waals surface area (Å²) in [5.41, 5.74) is 6.37. The highest BCUT2D eigenvalue weighted by molar-refractivity contribution is 8.01. The van der Waals surface area contributed by atoms with Gasteiger partial charge in [0.2, 0.25) is 0 Å². The largest absolute Gasteiger partial charge is 0.293 e. The van der Waals surface area contributed by atoms with Gasteiger partial charge in [0.1, 0.15) is 0 Å². The fourth-order valence-electron chi connectivity index (χ4n) is 3.23. The third kappa shape index (κ3) is 4.74. The van der Waals surface area contributed by atoms with Crippen molar-refractivity contribution in [3.05, 3.63) is 93.2 Å². The number of nitrogens with one attached hydrogen (secondary N) is 1. The minimum Gasteiger partial charge on any atom is -0.293 e. The van der Waals surface area contributed by atoms with Gasteiger partial charge in [0.25, 0.3) is 5.91 Å². The summed E-state index contributed by atoms with van der Waals surface area (Å²) in [5, 5.41) is 4.54. The van der Waals surface area contributed by atoms with E-state index in [4.69, 9.17) is 12.2 Å². The summed E-state index contributed by atoms with van der Waals surface area (Å²) in [4.78, 5) is 25.4. The number of aryl methyl sites for hydroxylation is 1. The number of amides is 1. The van der Waals surface area contributed by atoms with Crippen LogP contribution in [0.3, 0.4) is 0 Å². The maximum Gasteiger partial charge on any atom is 0.270 e. The SMILES string of the molecule is Cc1cc(C(=O)CSc2nn(-c3ccccc3)c(=S)s2)c(C)n1NC(=O)c1ccccc1. The van der Waals surface area contributed by atoms with Crippen molar-refractivity contribution in [3.63, 3.8) is 0 Å². The second-order valence-corrected chi connectivity index (χ2v) is 9.87. The molecular weight excluding hydrogens is 460 g/mol. The molecule has 0 spiro atoms. The fraction of sp³-hybridized carbons (Fsp3) is 0.130. The fourth-order valence-corrected chi connectivity index (χ4v) is 5.47. The van der Waals surface area contributed by atoms with E-state index in [0.717, 1.165) is 15.7 Å². The molecular formula is C23H20N4O2S3. The van der Waals surface area contributed by atoms with Gasteiger partial charge in [-0.1, -0.05) is 59.5 Å². The summed E-state index contributed by atoms with van der Waals surface area (Å²) < 4.78 is 4.73. The standard InChI is InChI=1S/C23H20N4O2S3/c1-15-13-19(16(2)26(15)24-21(29)17-9-5-3-6-10-17)20(28)14-31-22-25-27(23(30)32-22)18-11-7-4-8-12-18/h3-13H,14H2,1-2H3,(H,24,29). The molecule has 0 aliphatic carbocycles. The van der Waals surface area contributed by atoms with Crippen LogP contribution in [0, 0.1) is 17.8 Å². The van der Waals surface area contributed by atoms with Crippen LogP contribution in [-0.2, 0) is 0 Å². The van der Waals surface area contributed by atoms with Crippen molar-refractivity contribution in [1.29, 1.82) is 0 Å². The lowest BCUT2D eigenvalue weighted by molar-refractivity contribution is 0.0999. The molecule has 2 aromatic heterocycles. The number of carbonyl (C=O) groups is 2. The minimum atomic E-state index is -0.230. The Hall–Kier alpha value is -3.01. The summed E-state index contributed by atoms with van der Waals surface area (Å²) in [6.45, 7) is 3.68. The molecule has 0 bridgehead atoms. The van der Waals surface area contributed by atoms with Crippen LogP contribution in [0.2, 0.25) is 0 Å². The third-order valence-electron chi connectivity index (χ3n) is 4.84. The van der Waals surface area contributed by atoms with Crippen molar-refractivity contribution in [2.45, 2.75) is 18.2 Å². The number of thioether (sulfide) groups is 1. The smallest absolute Gasteiger partial charge is 0.270 e. The molecule has 0 saturated heterocycles.